The molecule has 0 fully saturated rings. The summed E-state index contributed by atoms with van der Waals surface area (Å²) < 4.78 is 10.8. The Morgan fingerprint density at radius 2 is 1.70 bits per heavy atom. The van der Waals surface area contributed by atoms with E-state index in [0.717, 1.165) is 0 Å². The van der Waals surface area contributed by atoms with Crippen LogP contribution in [-0.4, -0.2) is 39.0 Å². The van der Waals surface area contributed by atoms with Crippen LogP contribution in [0, 0.1) is 20.8 Å². The van der Waals surface area contributed by atoms with Gasteiger partial charge in [0.05, 0.1) is 0 Å². The number of hydrogen-bond acceptors (Lipinski definition) is 6. The third-order valence-corrected chi connectivity index (χ3v) is 4.38. The number of aliphatic hydroxyl groups excluding tert-OH is 2. The number of carbonyl (C=O) groups is 2. The highest BCUT2D eigenvalue weighted by Crippen LogP contribution is 2.48. The Morgan fingerprint density at radius 3 is 2.17 bits per heavy atom. The SMILES string of the molecule is CC(=O)Oc1c(C)c(C)c2c(c1C)C(O)[C@H](O)[C@](C)(C(=O)O)O2. The zero-order chi connectivity index (χ0) is 17.7. The lowest BCUT2D eigenvalue weighted by atomic mass is 9.83. The van der Waals surface area contributed by atoms with Gasteiger partial charge in [0.15, 0.2) is 0 Å². The summed E-state index contributed by atoms with van der Waals surface area (Å²) in [5.74, 6) is -1.42. The quantitative estimate of drug-likeness (QED) is 0.552. The van der Waals surface area contributed by atoms with Crippen molar-refractivity contribution in [2.24, 2.45) is 0 Å². The van der Waals surface area contributed by atoms with Gasteiger partial charge in [0.1, 0.15) is 23.7 Å². The molecule has 1 unspecified atom stereocenters. The molecule has 23 heavy (non-hydrogen) atoms. The Bertz CT molecular complexity index is 694. The fourth-order valence-electron chi connectivity index (χ4n) is 2.80. The smallest absolute Gasteiger partial charge is 0.350 e. The van der Waals surface area contributed by atoms with E-state index in [-0.39, 0.29) is 17.1 Å². The van der Waals surface area contributed by atoms with Gasteiger partial charge in [-0.3, -0.25) is 4.79 Å². The maximum absolute atomic E-state index is 11.5. The number of benzene rings is 1. The molecule has 126 valence electrons. The lowest BCUT2D eigenvalue weighted by Gasteiger charge is -2.41. The molecular weight excluding hydrogens is 304 g/mol. The number of aliphatic carboxylic acids is 1. The number of hydrogen-bond donors (Lipinski definition) is 3. The average Bonchev–Trinajstić information content (AvgIpc) is 2.46. The zero-order valence-corrected chi connectivity index (χ0v) is 13.6. The molecule has 1 aliphatic heterocycles. The molecule has 1 aliphatic rings. The van der Waals surface area contributed by atoms with Crippen LogP contribution in [0.4, 0.5) is 0 Å². The standard InChI is InChI=1S/C16H20O7/c1-6-7(2)13-10(8(3)12(6)22-9(4)17)11(18)14(19)16(5,23-13)15(20)21/h11,14,18-19H,1-5H3,(H,20,21)/t11?,14-,16+/m0/s1. The van der Waals surface area contributed by atoms with Crippen molar-refractivity contribution in [3.05, 3.63) is 22.3 Å². The van der Waals surface area contributed by atoms with Crippen molar-refractivity contribution in [2.75, 3.05) is 0 Å². The zero-order valence-electron chi connectivity index (χ0n) is 13.6. The van der Waals surface area contributed by atoms with Crippen LogP contribution in [0.5, 0.6) is 11.5 Å². The molecule has 0 bridgehead atoms. The third-order valence-electron chi connectivity index (χ3n) is 4.38. The summed E-state index contributed by atoms with van der Waals surface area (Å²) in [7, 11) is 0. The van der Waals surface area contributed by atoms with Crippen molar-refractivity contribution in [2.45, 2.75) is 52.4 Å². The van der Waals surface area contributed by atoms with Crippen molar-refractivity contribution in [3.8, 4) is 11.5 Å². The highest BCUT2D eigenvalue weighted by Gasteiger charge is 2.52. The minimum Gasteiger partial charge on any atom is -0.478 e. The number of ether oxygens (including phenoxy) is 2. The minimum atomic E-state index is -1.97. The fraction of sp³-hybridized carbons (Fsp3) is 0.500. The van der Waals surface area contributed by atoms with E-state index < -0.39 is 29.7 Å². The van der Waals surface area contributed by atoms with E-state index in [1.165, 1.54) is 13.8 Å². The van der Waals surface area contributed by atoms with Gasteiger partial charge in [-0.05, 0) is 38.8 Å². The van der Waals surface area contributed by atoms with Crippen LogP contribution >= 0.6 is 0 Å². The van der Waals surface area contributed by atoms with E-state index in [2.05, 4.69) is 0 Å². The van der Waals surface area contributed by atoms with Gasteiger partial charge in [-0.15, -0.1) is 0 Å². The Labute approximate surface area is 133 Å². The molecule has 0 saturated heterocycles. The van der Waals surface area contributed by atoms with Crippen LogP contribution in [0.15, 0.2) is 0 Å². The molecule has 1 aromatic carbocycles. The van der Waals surface area contributed by atoms with Gasteiger partial charge in [0.25, 0.3) is 0 Å². The summed E-state index contributed by atoms with van der Waals surface area (Å²) in [6.45, 7) is 7.46. The van der Waals surface area contributed by atoms with E-state index in [1.54, 1.807) is 20.8 Å². The number of aliphatic hydroxyl groups is 2. The molecule has 7 nitrogen and oxygen atoms in total. The first-order valence-corrected chi connectivity index (χ1v) is 7.13. The number of rotatable bonds is 2. The average molecular weight is 324 g/mol. The number of esters is 1. The first-order chi connectivity index (χ1) is 10.5. The highest BCUT2D eigenvalue weighted by molar-refractivity contribution is 5.80. The Morgan fingerprint density at radius 1 is 1.13 bits per heavy atom. The van der Waals surface area contributed by atoms with Gasteiger partial charge < -0.3 is 24.8 Å². The highest BCUT2D eigenvalue weighted by atomic mass is 16.6. The molecule has 0 radical (unpaired) electrons. The largest absolute Gasteiger partial charge is 0.478 e. The molecule has 2 rings (SSSR count). The van der Waals surface area contributed by atoms with Crippen molar-refractivity contribution >= 4 is 11.9 Å². The summed E-state index contributed by atoms with van der Waals surface area (Å²) >= 11 is 0. The molecule has 0 amide bonds. The van der Waals surface area contributed by atoms with E-state index in [0.29, 0.717) is 16.7 Å². The van der Waals surface area contributed by atoms with Crippen molar-refractivity contribution in [3.63, 3.8) is 0 Å². The Kier molecular flexibility index (Phi) is 4.13. The van der Waals surface area contributed by atoms with Crippen LogP contribution in [0.1, 0.15) is 42.2 Å². The maximum atomic E-state index is 11.5. The van der Waals surface area contributed by atoms with Crippen molar-refractivity contribution in [1.29, 1.82) is 0 Å². The Balaban J connectivity index is 2.74. The van der Waals surface area contributed by atoms with Crippen LogP contribution < -0.4 is 9.47 Å². The van der Waals surface area contributed by atoms with Crippen molar-refractivity contribution < 1.29 is 34.4 Å². The Hall–Kier alpha value is -2.12. The third kappa shape index (κ3) is 2.46. The molecule has 1 aromatic rings. The van der Waals surface area contributed by atoms with E-state index in [1.807, 2.05) is 0 Å². The molecule has 0 aliphatic carbocycles. The number of carboxylic acid groups (broad SMARTS) is 1. The van der Waals surface area contributed by atoms with Crippen molar-refractivity contribution in [1.82, 2.24) is 0 Å². The molecule has 0 saturated carbocycles. The number of carboxylic acids is 1. The molecule has 0 aromatic heterocycles. The van der Waals surface area contributed by atoms with Gasteiger partial charge in [0, 0.05) is 18.1 Å². The second-order valence-electron chi connectivity index (χ2n) is 5.94. The molecule has 0 spiro atoms. The van der Waals surface area contributed by atoms with Gasteiger partial charge in [0.2, 0.25) is 5.60 Å². The predicted octanol–water partition coefficient (Wildman–Crippen LogP) is 1.17. The summed E-state index contributed by atoms with van der Waals surface area (Å²) in [6.07, 6.45) is -3.15. The van der Waals surface area contributed by atoms with E-state index >= 15 is 0 Å². The normalized spacial score (nSPS) is 26.2. The first kappa shape index (κ1) is 17.2. The lowest BCUT2D eigenvalue weighted by Crippen LogP contribution is -2.57. The minimum absolute atomic E-state index is 0.193. The summed E-state index contributed by atoms with van der Waals surface area (Å²) in [6, 6.07) is 0. The number of carbonyl (C=O) groups excluding carboxylic acids is 1. The molecule has 1 heterocycles. The van der Waals surface area contributed by atoms with Gasteiger partial charge in [-0.1, -0.05) is 0 Å². The molecule has 7 heteroatoms. The number of fused-ring (bicyclic) bond motifs is 1. The second-order valence-corrected chi connectivity index (χ2v) is 5.94. The monoisotopic (exact) mass is 324 g/mol. The van der Waals surface area contributed by atoms with E-state index in [4.69, 9.17) is 9.47 Å². The van der Waals surface area contributed by atoms with Crippen LogP contribution in [0.2, 0.25) is 0 Å². The van der Waals surface area contributed by atoms with Crippen LogP contribution in [0.3, 0.4) is 0 Å². The second kappa shape index (κ2) is 5.50. The lowest BCUT2D eigenvalue weighted by molar-refractivity contribution is -0.178. The van der Waals surface area contributed by atoms with Crippen LogP contribution in [-0.2, 0) is 9.59 Å². The molecule has 3 atom stereocenters. The molecule has 3 N–H and O–H groups in total. The molecular formula is C16H20O7. The summed E-state index contributed by atoms with van der Waals surface area (Å²) in [4.78, 5) is 22.8. The summed E-state index contributed by atoms with van der Waals surface area (Å²) in [5.41, 5.74) is -0.167. The summed E-state index contributed by atoms with van der Waals surface area (Å²) in [5, 5.41) is 30.0. The van der Waals surface area contributed by atoms with Crippen LogP contribution in [0.25, 0.3) is 0 Å². The fourth-order valence-corrected chi connectivity index (χ4v) is 2.80. The van der Waals surface area contributed by atoms with Gasteiger partial charge in [-0.2, -0.15) is 0 Å². The predicted molar refractivity (Wildman–Crippen MR) is 79.6 cm³/mol. The maximum Gasteiger partial charge on any atom is 0.350 e. The van der Waals surface area contributed by atoms with E-state index in [9.17, 15) is 24.9 Å². The first-order valence-electron chi connectivity index (χ1n) is 7.13. The topological polar surface area (TPSA) is 113 Å². The van der Waals surface area contributed by atoms with Gasteiger partial charge in [-0.25, -0.2) is 4.79 Å². The van der Waals surface area contributed by atoms with Gasteiger partial charge >= 0.3 is 11.9 Å².